The highest BCUT2D eigenvalue weighted by Gasteiger charge is 2.17. The molecule has 1 saturated carbocycles. The smallest absolute Gasteiger partial charge is 0.0346 e. The van der Waals surface area contributed by atoms with Gasteiger partial charge in [-0.05, 0) is 49.3 Å². The number of hydrogen-bond donors (Lipinski definition) is 1. The fourth-order valence-electron chi connectivity index (χ4n) is 2.94. The minimum Gasteiger partial charge on any atom is -0.309 e. The van der Waals surface area contributed by atoms with Crippen molar-refractivity contribution in [2.45, 2.75) is 45.2 Å². The second-order valence-corrected chi connectivity index (χ2v) is 7.14. The van der Waals surface area contributed by atoms with Gasteiger partial charge in [0.25, 0.3) is 0 Å². The van der Waals surface area contributed by atoms with E-state index in [1.165, 1.54) is 41.0 Å². The fraction of sp³-hybridized carbons (Fsp3) is 0.444. The fourth-order valence-corrected chi connectivity index (χ4v) is 3.90. The van der Waals surface area contributed by atoms with Crippen molar-refractivity contribution in [1.82, 2.24) is 5.32 Å². The summed E-state index contributed by atoms with van der Waals surface area (Å²) in [5.74, 6) is 0.930. The summed E-state index contributed by atoms with van der Waals surface area (Å²) >= 11 is 1.91. The molecule has 0 saturated heterocycles. The normalized spacial score (nSPS) is 22.9. The first-order valence-electron chi connectivity index (χ1n) is 7.69. The highest BCUT2D eigenvalue weighted by Crippen LogP contribution is 2.28. The van der Waals surface area contributed by atoms with E-state index >= 15 is 0 Å². The Hall–Kier alpha value is -1.12. The highest BCUT2D eigenvalue weighted by molar-refractivity contribution is 7.15. The summed E-state index contributed by atoms with van der Waals surface area (Å²) in [6.45, 7) is 3.40. The van der Waals surface area contributed by atoms with E-state index in [-0.39, 0.29) is 0 Å². The molecule has 1 N–H and O–H groups in total. The van der Waals surface area contributed by atoms with Crippen LogP contribution in [-0.4, -0.2) is 6.04 Å². The highest BCUT2D eigenvalue weighted by atomic mass is 32.1. The van der Waals surface area contributed by atoms with Crippen LogP contribution in [0.2, 0.25) is 0 Å². The van der Waals surface area contributed by atoms with Crippen LogP contribution in [0.3, 0.4) is 0 Å². The molecule has 1 aromatic carbocycles. The quantitative estimate of drug-likeness (QED) is 0.825. The van der Waals surface area contributed by atoms with Crippen LogP contribution in [0.25, 0.3) is 10.4 Å². The minimum absolute atomic E-state index is 0.730. The Balaban J connectivity index is 1.55. The molecule has 3 rings (SSSR count). The van der Waals surface area contributed by atoms with Crippen LogP contribution in [0.4, 0.5) is 0 Å². The van der Waals surface area contributed by atoms with Crippen LogP contribution in [0.15, 0.2) is 42.5 Å². The standard InChI is InChI=1S/C18H23NS/c1-14-7-9-16(10-8-14)19-13-17-11-12-18(20-17)15-5-3-2-4-6-15/h2-6,11-12,14,16,19H,7-10,13H2,1H3. The molecule has 2 heteroatoms. The average molecular weight is 285 g/mol. The van der Waals surface area contributed by atoms with Crippen molar-refractivity contribution < 1.29 is 0 Å². The second kappa shape index (κ2) is 6.55. The van der Waals surface area contributed by atoms with Crippen molar-refractivity contribution >= 4 is 11.3 Å². The lowest BCUT2D eigenvalue weighted by Gasteiger charge is -2.26. The first-order chi connectivity index (χ1) is 9.81. The van der Waals surface area contributed by atoms with Crippen molar-refractivity contribution in [2.24, 2.45) is 5.92 Å². The summed E-state index contributed by atoms with van der Waals surface area (Å²) in [6, 6.07) is 15.9. The maximum atomic E-state index is 3.73. The summed E-state index contributed by atoms with van der Waals surface area (Å²) < 4.78 is 0. The minimum atomic E-state index is 0.730. The molecule has 0 aliphatic heterocycles. The maximum absolute atomic E-state index is 3.73. The Morgan fingerprint density at radius 3 is 2.50 bits per heavy atom. The van der Waals surface area contributed by atoms with Crippen LogP contribution in [0.1, 0.15) is 37.5 Å². The van der Waals surface area contributed by atoms with Gasteiger partial charge in [-0.3, -0.25) is 0 Å². The van der Waals surface area contributed by atoms with E-state index < -0.39 is 0 Å². The van der Waals surface area contributed by atoms with Gasteiger partial charge in [-0.1, -0.05) is 37.3 Å². The van der Waals surface area contributed by atoms with Crippen LogP contribution in [0.5, 0.6) is 0 Å². The lowest BCUT2D eigenvalue weighted by Crippen LogP contribution is -2.31. The topological polar surface area (TPSA) is 12.0 Å². The molecular formula is C18H23NS. The molecule has 106 valence electrons. The second-order valence-electron chi connectivity index (χ2n) is 5.97. The Kier molecular flexibility index (Phi) is 4.54. The molecule has 0 unspecified atom stereocenters. The molecule has 0 radical (unpaired) electrons. The van der Waals surface area contributed by atoms with E-state index in [2.05, 4.69) is 54.7 Å². The third kappa shape index (κ3) is 3.50. The Bertz CT molecular complexity index is 523. The van der Waals surface area contributed by atoms with Crippen molar-refractivity contribution in [3.05, 3.63) is 47.3 Å². The average Bonchev–Trinajstić information content (AvgIpc) is 2.97. The SMILES string of the molecule is CC1CCC(NCc2ccc(-c3ccccc3)s2)CC1. The summed E-state index contributed by atoms with van der Waals surface area (Å²) in [4.78, 5) is 2.82. The van der Waals surface area contributed by atoms with Gasteiger partial charge >= 0.3 is 0 Å². The van der Waals surface area contributed by atoms with Gasteiger partial charge in [0.05, 0.1) is 0 Å². The Labute approximate surface area is 126 Å². The molecule has 2 aromatic rings. The molecule has 1 aliphatic carbocycles. The predicted molar refractivity (Wildman–Crippen MR) is 88.0 cm³/mol. The van der Waals surface area contributed by atoms with Crippen LogP contribution in [0, 0.1) is 5.92 Å². The van der Waals surface area contributed by atoms with Crippen LogP contribution >= 0.6 is 11.3 Å². The first-order valence-corrected chi connectivity index (χ1v) is 8.50. The Morgan fingerprint density at radius 1 is 1.00 bits per heavy atom. The molecule has 0 bridgehead atoms. The number of rotatable bonds is 4. The van der Waals surface area contributed by atoms with Crippen LogP contribution in [-0.2, 0) is 6.54 Å². The zero-order chi connectivity index (χ0) is 13.8. The molecule has 1 aromatic heterocycles. The third-order valence-electron chi connectivity index (χ3n) is 4.30. The lowest BCUT2D eigenvalue weighted by atomic mass is 9.87. The van der Waals surface area contributed by atoms with Crippen LogP contribution < -0.4 is 5.32 Å². The number of benzene rings is 1. The Morgan fingerprint density at radius 2 is 1.75 bits per heavy atom. The zero-order valence-corrected chi connectivity index (χ0v) is 13.0. The molecule has 1 fully saturated rings. The third-order valence-corrected chi connectivity index (χ3v) is 5.44. The zero-order valence-electron chi connectivity index (χ0n) is 12.1. The summed E-state index contributed by atoms with van der Waals surface area (Å²) in [7, 11) is 0. The number of nitrogens with one attached hydrogen (secondary N) is 1. The summed E-state index contributed by atoms with van der Waals surface area (Å²) in [5.41, 5.74) is 1.33. The monoisotopic (exact) mass is 285 g/mol. The van der Waals surface area contributed by atoms with E-state index in [1.54, 1.807) is 0 Å². The molecule has 1 heterocycles. The predicted octanol–water partition coefficient (Wildman–Crippen LogP) is 5.08. The van der Waals surface area contributed by atoms with Gasteiger partial charge in [0.1, 0.15) is 0 Å². The van der Waals surface area contributed by atoms with Gasteiger partial charge in [0.15, 0.2) is 0 Å². The van der Waals surface area contributed by atoms with Crippen molar-refractivity contribution in [1.29, 1.82) is 0 Å². The molecule has 20 heavy (non-hydrogen) atoms. The van der Waals surface area contributed by atoms with Gasteiger partial charge < -0.3 is 5.32 Å². The van der Waals surface area contributed by atoms with Crippen molar-refractivity contribution in [2.75, 3.05) is 0 Å². The van der Waals surface area contributed by atoms with Crippen molar-refractivity contribution in [3.8, 4) is 10.4 Å². The maximum Gasteiger partial charge on any atom is 0.0346 e. The van der Waals surface area contributed by atoms with E-state index in [0.29, 0.717) is 0 Å². The van der Waals surface area contributed by atoms with E-state index in [1.807, 2.05) is 11.3 Å². The molecule has 0 atom stereocenters. The summed E-state index contributed by atoms with van der Waals surface area (Å²) in [5, 5.41) is 3.73. The molecule has 1 aliphatic rings. The first kappa shape index (κ1) is 13.8. The lowest BCUT2D eigenvalue weighted by molar-refractivity contribution is 0.307. The van der Waals surface area contributed by atoms with Gasteiger partial charge in [-0.25, -0.2) is 0 Å². The number of thiophene rings is 1. The van der Waals surface area contributed by atoms with Crippen molar-refractivity contribution in [3.63, 3.8) is 0 Å². The molecule has 0 spiro atoms. The van der Waals surface area contributed by atoms with Gasteiger partial charge in [0, 0.05) is 22.3 Å². The van der Waals surface area contributed by atoms with Gasteiger partial charge in [0.2, 0.25) is 0 Å². The van der Waals surface area contributed by atoms with E-state index in [9.17, 15) is 0 Å². The van der Waals surface area contributed by atoms with E-state index in [0.717, 1.165) is 18.5 Å². The summed E-state index contributed by atoms with van der Waals surface area (Å²) in [6.07, 6.45) is 5.46. The van der Waals surface area contributed by atoms with E-state index in [4.69, 9.17) is 0 Å². The molecule has 1 nitrogen and oxygen atoms in total. The number of hydrogen-bond acceptors (Lipinski definition) is 2. The molecular weight excluding hydrogens is 262 g/mol. The molecule has 0 amide bonds. The van der Waals surface area contributed by atoms with Gasteiger partial charge in [-0.2, -0.15) is 0 Å². The largest absolute Gasteiger partial charge is 0.309 e. The van der Waals surface area contributed by atoms with Gasteiger partial charge in [-0.15, -0.1) is 11.3 Å².